The number of halogens is 2. The summed E-state index contributed by atoms with van der Waals surface area (Å²) < 4.78 is 0. The molecule has 0 aliphatic carbocycles. The van der Waals surface area contributed by atoms with Crippen molar-refractivity contribution in [3.8, 4) is 6.07 Å². The zero-order chi connectivity index (χ0) is 15.2. The van der Waals surface area contributed by atoms with Crippen LogP contribution in [-0.2, 0) is 4.79 Å². The molecule has 0 spiro atoms. The van der Waals surface area contributed by atoms with Crippen LogP contribution in [0.2, 0.25) is 10.0 Å². The molecule has 2 rings (SSSR count). The van der Waals surface area contributed by atoms with E-state index in [2.05, 4.69) is 10.3 Å². The van der Waals surface area contributed by atoms with Crippen molar-refractivity contribution in [3.63, 3.8) is 0 Å². The molecule has 0 saturated carbocycles. The van der Waals surface area contributed by atoms with Crippen LogP contribution in [0.5, 0.6) is 0 Å². The average Bonchev–Trinajstić information content (AvgIpc) is 2.48. The molecular weight excluding hydrogens is 329 g/mol. The second-order valence-corrected chi connectivity index (χ2v) is 5.74. The lowest BCUT2D eigenvalue weighted by atomic mass is 10.3. The maximum atomic E-state index is 11.9. The quantitative estimate of drug-likeness (QED) is 0.856. The Balaban J connectivity index is 1.98. The first-order valence-corrected chi connectivity index (χ1v) is 7.57. The number of nitrogens with zero attached hydrogens (tertiary/aromatic N) is 2. The van der Waals surface area contributed by atoms with Crippen molar-refractivity contribution in [2.24, 2.45) is 0 Å². The second-order valence-electron chi connectivity index (χ2n) is 3.93. The third kappa shape index (κ3) is 4.36. The van der Waals surface area contributed by atoms with Crippen LogP contribution < -0.4 is 5.32 Å². The Labute approximate surface area is 136 Å². The highest BCUT2D eigenvalue weighted by Crippen LogP contribution is 2.26. The number of aromatic nitrogens is 1. The normalized spacial score (nSPS) is 9.95. The molecule has 4 nitrogen and oxygen atoms in total. The van der Waals surface area contributed by atoms with Gasteiger partial charge >= 0.3 is 0 Å². The van der Waals surface area contributed by atoms with Crippen LogP contribution in [0.15, 0.2) is 41.6 Å². The highest BCUT2D eigenvalue weighted by molar-refractivity contribution is 8.00. The molecular formula is C14H9Cl2N3OS. The van der Waals surface area contributed by atoms with E-state index in [0.29, 0.717) is 26.3 Å². The lowest BCUT2D eigenvalue weighted by Crippen LogP contribution is -2.14. The first kappa shape index (κ1) is 15.6. The molecule has 1 amide bonds. The number of anilines is 1. The molecule has 0 atom stereocenters. The predicted molar refractivity (Wildman–Crippen MR) is 84.8 cm³/mol. The molecule has 21 heavy (non-hydrogen) atoms. The Bertz CT molecular complexity index is 716. The van der Waals surface area contributed by atoms with Crippen molar-refractivity contribution in [2.45, 2.75) is 5.03 Å². The van der Waals surface area contributed by atoms with Crippen molar-refractivity contribution in [1.29, 1.82) is 5.26 Å². The van der Waals surface area contributed by atoms with Gasteiger partial charge in [0.2, 0.25) is 5.91 Å². The number of carbonyl (C=O) groups is 1. The molecule has 1 aromatic heterocycles. The zero-order valence-electron chi connectivity index (χ0n) is 10.6. The highest BCUT2D eigenvalue weighted by atomic mass is 35.5. The van der Waals surface area contributed by atoms with Crippen LogP contribution >= 0.6 is 35.0 Å². The van der Waals surface area contributed by atoms with Crippen molar-refractivity contribution in [1.82, 2.24) is 4.98 Å². The number of hydrogen-bond donors (Lipinski definition) is 1. The number of nitriles is 1. The summed E-state index contributed by atoms with van der Waals surface area (Å²) >= 11 is 13.0. The standard InChI is InChI=1S/C14H9Cl2N3OS/c15-10-3-4-12(11(16)6-10)19-13(20)8-21-14-9(7-17)2-1-5-18-14/h1-6H,8H2,(H,19,20). The summed E-state index contributed by atoms with van der Waals surface area (Å²) in [6.07, 6.45) is 1.58. The first-order valence-electron chi connectivity index (χ1n) is 5.83. The predicted octanol–water partition coefficient (Wildman–Crippen LogP) is 3.99. The van der Waals surface area contributed by atoms with Gasteiger partial charge in [0, 0.05) is 11.2 Å². The third-order valence-corrected chi connectivity index (χ3v) is 3.99. The van der Waals surface area contributed by atoms with Gasteiger partial charge in [-0.3, -0.25) is 4.79 Å². The topological polar surface area (TPSA) is 65.8 Å². The van der Waals surface area contributed by atoms with Crippen LogP contribution in [0.1, 0.15) is 5.56 Å². The largest absolute Gasteiger partial charge is 0.324 e. The Morgan fingerprint density at radius 3 is 2.90 bits per heavy atom. The molecule has 0 aliphatic rings. The van der Waals surface area contributed by atoms with E-state index in [-0.39, 0.29) is 11.7 Å². The van der Waals surface area contributed by atoms with E-state index in [4.69, 9.17) is 28.5 Å². The summed E-state index contributed by atoms with van der Waals surface area (Å²) in [6.45, 7) is 0. The molecule has 0 bridgehead atoms. The van der Waals surface area contributed by atoms with E-state index in [1.165, 1.54) is 11.8 Å². The minimum absolute atomic E-state index is 0.130. The van der Waals surface area contributed by atoms with Crippen molar-refractivity contribution < 1.29 is 4.79 Å². The Morgan fingerprint density at radius 2 is 2.19 bits per heavy atom. The van der Waals surface area contributed by atoms with E-state index in [1.54, 1.807) is 36.5 Å². The summed E-state index contributed by atoms with van der Waals surface area (Å²) in [4.78, 5) is 16.0. The maximum Gasteiger partial charge on any atom is 0.234 e. The van der Waals surface area contributed by atoms with E-state index < -0.39 is 0 Å². The summed E-state index contributed by atoms with van der Waals surface area (Å²) in [6, 6.07) is 10.2. The van der Waals surface area contributed by atoms with E-state index in [1.807, 2.05) is 6.07 Å². The van der Waals surface area contributed by atoms with Gasteiger partial charge in [-0.05, 0) is 30.3 Å². The van der Waals surface area contributed by atoms with Gasteiger partial charge in [-0.25, -0.2) is 4.98 Å². The highest BCUT2D eigenvalue weighted by Gasteiger charge is 2.09. The molecule has 106 valence electrons. The van der Waals surface area contributed by atoms with Crippen LogP contribution in [-0.4, -0.2) is 16.6 Å². The van der Waals surface area contributed by atoms with Crippen LogP contribution in [0.3, 0.4) is 0 Å². The molecule has 0 aliphatic heterocycles. The molecule has 0 radical (unpaired) electrons. The Morgan fingerprint density at radius 1 is 1.38 bits per heavy atom. The minimum atomic E-state index is -0.237. The summed E-state index contributed by atoms with van der Waals surface area (Å²) in [7, 11) is 0. The Hall–Kier alpha value is -1.74. The van der Waals surface area contributed by atoms with Gasteiger partial charge in [0.1, 0.15) is 11.1 Å². The van der Waals surface area contributed by atoms with Crippen LogP contribution in [0, 0.1) is 11.3 Å². The summed E-state index contributed by atoms with van der Waals surface area (Å²) in [5.41, 5.74) is 0.938. The van der Waals surface area contributed by atoms with E-state index >= 15 is 0 Å². The fourth-order valence-corrected chi connectivity index (χ4v) is 2.70. The molecule has 2 aromatic rings. The second kappa shape index (κ2) is 7.32. The molecule has 1 N–H and O–H groups in total. The van der Waals surface area contributed by atoms with Gasteiger partial charge in [0.15, 0.2) is 0 Å². The van der Waals surface area contributed by atoms with Gasteiger partial charge in [-0.1, -0.05) is 35.0 Å². The molecule has 1 aromatic carbocycles. The van der Waals surface area contributed by atoms with Crippen LogP contribution in [0.25, 0.3) is 0 Å². The van der Waals surface area contributed by atoms with Gasteiger partial charge in [-0.2, -0.15) is 5.26 Å². The lowest BCUT2D eigenvalue weighted by molar-refractivity contribution is -0.113. The van der Waals surface area contributed by atoms with Crippen molar-refractivity contribution in [3.05, 3.63) is 52.1 Å². The van der Waals surface area contributed by atoms with E-state index in [0.717, 1.165) is 0 Å². The number of benzene rings is 1. The fourth-order valence-electron chi connectivity index (χ4n) is 1.50. The molecule has 7 heteroatoms. The summed E-state index contributed by atoms with van der Waals surface area (Å²) in [5.74, 6) is -0.108. The number of rotatable bonds is 4. The molecule has 0 fully saturated rings. The minimum Gasteiger partial charge on any atom is -0.324 e. The lowest BCUT2D eigenvalue weighted by Gasteiger charge is -2.07. The van der Waals surface area contributed by atoms with E-state index in [9.17, 15) is 4.79 Å². The van der Waals surface area contributed by atoms with Gasteiger partial charge in [0.25, 0.3) is 0 Å². The molecule has 1 heterocycles. The molecule has 0 unspecified atom stereocenters. The van der Waals surface area contributed by atoms with Crippen LogP contribution in [0.4, 0.5) is 5.69 Å². The number of amides is 1. The van der Waals surface area contributed by atoms with Crippen molar-refractivity contribution >= 4 is 46.6 Å². The SMILES string of the molecule is N#Cc1cccnc1SCC(=O)Nc1ccc(Cl)cc1Cl. The van der Waals surface area contributed by atoms with Gasteiger partial charge in [-0.15, -0.1) is 0 Å². The number of pyridine rings is 1. The maximum absolute atomic E-state index is 11.9. The zero-order valence-corrected chi connectivity index (χ0v) is 13.0. The molecule has 0 saturated heterocycles. The number of nitrogens with one attached hydrogen (secondary N) is 1. The first-order chi connectivity index (χ1) is 10.1. The van der Waals surface area contributed by atoms with Gasteiger partial charge < -0.3 is 5.32 Å². The average molecular weight is 338 g/mol. The smallest absolute Gasteiger partial charge is 0.234 e. The van der Waals surface area contributed by atoms with Crippen molar-refractivity contribution in [2.75, 3.05) is 11.1 Å². The monoisotopic (exact) mass is 337 g/mol. The Kier molecular flexibility index (Phi) is 5.45. The fraction of sp³-hybridized carbons (Fsp3) is 0.0714. The number of hydrogen-bond acceptors (Lipinski definition) is 4. The number of carbonyl (C=O) groups excluding carboxylic acids is 1. The third-order valence-electron chi connectivity index (χ3n) is 2.44. The van der Waals surface area contributed by atoms with Gasteiger partial charge in [0.05, 0.1) is 22.0 Å². The summed E-state index contributed by atoms with van der Waals surface area (Å²) in [5, 5.41) is 13.0. The number of thioether (sulfide) groups is 1.